The van der Waals surface area contributed by atoms with E-state index in [1.165, 1.54) is 11.1 Å². The highest BCUT2D eigenvalue weighted by Crippen LogP contribution is 2.39. The summed E-state index contributed by atoms with van der Waals surface area (Å²) >= 11 is 7.75. The molecule has 1 unspecified atom stereocenters. The zero-order chi connectivity index (χ0) is 14.7. The molecule has 106 valence electrons. The van der Waals surface area contributed by atoms with E-state index in [9.17, 15) is 0 Å². The van der Waals surface area contributed by atoms with E-state index >= 15 is 0 Å². The summed E-state index contributed by atoms with van der Waals surface area (Å²) in [4.78, 5) is 4.42. The fourth-order valence-corrected chi connectivity index (χ4v) is 3.44. The van der Waals surface area contributed by atoms with Crippen molar-refractivity contribution >= 4 is 23.4 Å². The summed E-state index contributed by atoms with van der Waals surface area (Å²) in [5, 5.41) is 1.95. The van der Waals surface area contributed by atoms with E-state index in [1.54, 1.807) is 11.8 Å². The van der Waals surface area contributed by atoms with Crippen LogP contribution in [0, 0.1) is 0 Å². The number of thioether (sulfide) groups is 1. The molecule has 0 aliphatic carbocycles. The van der Waals surface area contributed by atoms with Crippen molar-refractivity contribution in [3.63, 3.8) is 0 Å². The zero-order valence-electron chi connectivity index (χ0n) is 11.6. The van der Waals surface area contributed by atoms with Crippen LogP contribution in [-0.4, -0.2) is 9.55 Å². The predicted octanol–water partition coefficient (Wildman–Crippen LogP) is 4.96. The Hall–Kier alpha value is -1.71. The van der Waals surface area contributed by atoms with Crippen LogP contribution in [0.3, 0.4) is 0 Å². The number of aromatic nitrogens is 2. The molecule has 0 amide bonds. The SMILES string of the molecule is Cn1ccnc1SC(c1ccccc1)c1ccc(Cl)cc1. The summed E-state index contributed by atoms with van der Waals surface area (Å²) in [6, 6.07) is 18.5. The number of halogens is 1. The lowest BCUT2D eigenvalue weighted by Crippen LogP contribution is -1.99. The summed E-state index contributed by atoms with van der Waals surface area (Å²) in [5.41, 5.74) is 2.48. The largest absolute Gasteiger partial charge is 0.329 e. The Morgan fingerprint density at radius 1 is 1.00 bits per heavy atom. The van der Waals surface area contributed by atoms with Gasteiger partial charge in [-0.2, -0.15) is 0 Å². The highest BCUT2D eigenvalue weighted by molar-refractivity contribution is 7.99. The molecule has 2 nitrogen and oxygen atoms in total. The Labute approximate surface area is 133 Å². The molecule has 0 aliphatic heterocycles. The molecule has 2 aromatic carbocycles. The molecule has 4 heteroatoms. The number of rotatable bonds is 4. The Morgan fingerprint density at radius 2 is 1.67 bits per heavy atom. The van der Waals surface area contributed by atoms with Crippen LogP contribution in [0.5, 0.6) is 0 Å². The van der Waals surface area contributed by atoms with Gasteiger partial charge in [0.1, 0.15) is 0 Å². The van der Waals surface area contributed by atoms with Crippen molar-refractivity contribution < 1.29 is 0 Å². The minimum Gasteiger partial charge on any atom is -0.329 e. The molecule has 0 radical (unpaired) electrons. The van der Waals surface area contributed by atoms with Gasteiger partial charge >= 0.3 is 0 Å². The first-order chi connectivity index (χ1) is 10.2. The quantitative estimate of drug-likeness (QED) is 0.634. The van der Waals surface area contributed by atoms with Crippen LogP contribution in [0.4, 0.5) is 0 Å². The lowest BCUT2D eigenvalue weighted by molar-refractivity contribution is 0.787. The van der Waals surface area contributed by atoms with E-state index in [1.807, 2.05) is 42.2 Å². The number of imidazole rings is 1. The molecule has 1 heterocycles. The lowest BCUT2D eigenvalue weighted by atomic mass is 10.0. The van der Waals surface area contributed by atoms with Crippen LogP contribution in [-0.2, 0) is 7.05 Å². The summed E-state index contributed by atoms with van der Waals surface area (Å²) in [6.07, 6.45) is 3.79. The van der Waals surface area contributed by atoms with Gasteiger partial charge in [-0.15, -0.1) is 0 Å². The fraction of sp³-hybridized carbons (Fsp3) is 0.118. The summed E-state index contributed by atoms with van der Waals surface area (Å²) in [6.45, 7) is 0. The zero-order valence-corrected chi connectivity index (χ0v) is 13.2. The summed E-state index contributed by atoms with van der Waals surface area (Å²) in [5.74, 6) is 0. The number of hydrogen-bond donors (Lipinski definition) is 0. The third kappa shape index (κ3) is 3.31. The van der Waals surface area contributed by atoms with Gasteiger partial charge in [-0.05, 0) is 23.3 Å². The second-order valence-electron chi connectivity index (χ2n) is 4.78. The Bertz CT molecular complexity index is 707. The van der Waals surface area contributed by atoms with E-state index in [2.05, 4.69) is 41.4 Å². The Kier molecular flexibility index (Phi) is 4.32. The molecular formula is C17H15ClN2S. The Morgan fingerprint density at radius 3 is 2.29 bits per heavy atom. The van der Waals surface area contributed by atoms with E-state index in [4.69, 9.17) is 11.6 Å². The molecule has 1 aromatic heterocycles. The summed E-state index contributed by atoms with van der Waals surface area (Å²) < 4.78 is 2.04. The van der Waals surface area contributed by atoms with Crippen molar-refractivity contribution in [2.45, 2.75) is 10.4 Å². The molecule has 0 spiro atoms. The smallest absolute Gasteiger partial charge is 0.168 e. The van der Waals surface area contributed by atoms with Crippen molar-refractivity contribution in [3.8, 4) is 0 Å². The molecule has 3 rings (SSSR count). The van der Waals surface area contributed by atoms with Gasteiger partial charge in [0.15, 0.2) is 5.16 Å². The van der Waals surface area contributed by atoms with Crippen molar-refractivity contribution in [3.05, 3.63) is 83.1 Å². The average Bonchev–Trinajstić information content (AvgIpc) is 2.92. The molecule has 0 saturated heterocycles. The molecule has 0 bridgehead atoms. The number of benzene rings is 2. The van der Waals surface area contributed by atoms with Gasteiger partial charge in [-0.25, -0.2) is 4.98 Å². The van der Waals surface area contributed by atoms with Crippen molar-refractivity contribution in [2.75, 3.05) is 0 Å². The van der Waals surface area contributed by atoms with Crippen LogP contribution < -0.4 is 0 Å². The lowest BCUT2D eigenvalue weighted by Gasteiger charge is -2.17. The molecule has 21 heavy (non-hydrogen) atoms. The normalized spacial score (nSPS) is 12.3. The van der Waals surface area contributed by atoms with Crippen LogP contribution in [0.2, 0.25) is 5.02 Å². The third-order valence-corrected chi connectivity index (χ3v) is 4.91. The van der Waals surface area contributed by atoms with Crippen LogP contribution in [0.25, 0.3) is 0 Å². The molecule has 1 atom stereocenters. The van der Waals surface area contributed by atoms with E-state index in [0.29, 0.717) is 0 Å². The van der Waals surface area contributed by atoms with Gasteiger partial charge < -0.3 is 4.57 Å². The maximum absolute atomic E-state index is 6.01. The predicted molar refractivity (Wildman–Crippen MR) is 88.8 cm³/mol. The highest BCUT2D eigenvalue weighted by atomic mass is 35.5. The van der Waals surface area contributed by atoms with Gasteiger partial charge in [0.25, 0.3) is 0 Å². The number of nitrogens with zero attached hydrogens (tertiary/aromatic N) is 2. The molecule has 0 saturated carbocycles. The van der Waals surface area contributed by atoms with Crippen molar-refractivity contribution in [2.24, 2.45) is 7.05 Å². The molecule has 0 aliphatic rings. The van der Waals surface area contributed by atoms with Gasteiger partial charge in [-0.3, -0.25) is 0 Å². The van der Waals surface area contributed by atoms with E-state index < -0.39 is 0 Å². The Balaban J connectivity index is 1.99. The first-order valence-corrected chi connectivity index (χ1v) is 7.94. The third-order valence-electron chi connectivity index (χ3n) is 3.28. The van der Waals surface area contributed by atoms with Crippen LogP contribution in [0.15, 0.2) is 72.1 Å². The van der Waals surface area contributed by atoms with Crippen molar-refractivity contribution in [1.82, 2.24) is 9.55 Å². The fourth-order valence-electron chi connectivity index (χ4n) is 2.16. The summed E-state index contributed by atoms with van der Waals surface area (Å²) in [7, 11) is 2.01. The molecule has 3 aromatic rings. The molecular weight excluding hydrogens is 300 g/mol. The monoisotopic (exact) mass is 314 g/mol. The maximum atomic E-state index is 6.01. The van der Waals surface area contributed by atoms with Gasteiger partial charge in [0.05, 0.1) is 5.25 Å². The minimum absolute atomic E-state index is 0.199. The number of aryl methyl sites for hydroxylation is 1. The van der Waals surface area contributed by atoms with Crippen LogP contribution in [0.1, 0.15) is 16.4 Å². The number of hydrogen-bond acceptors (Lipinski definition) is 2. The van der Waals surface area contributed by atoms with Crippen molar-refractivity contribution in [1.29, 1.82) is 0 Å². The second-order valence-corrected chi connectivity index (χ2v) is 6.29. The maximum Gasteiger partial charge on any atom is 0.168 e. The first-order valence-electron chi connectivity index (χ1n) is 6.68. The molecule has 0 N–H and O–H groups in total. The average molecular weight is 315 g/mol. The molecule has 0 fully saturated rings. The van der Waals surface area contributed by atoms with E-state index in [0.717, 1.165) is 10.2 Å². The van der Waals surface area contributed by atoms with Gasteiger partial charge in [0, 0.05) is 24.5 Å². The van der Waals surface area contributed by atoms with E-state index in [-0.39, 0.29) is 5.25 Å². The van der Waals surface area contributed by atoms with Gasteiger partial charge in [-0.1, -0.05) is 65.8 Å². The van der Waals surface area contributed by atoms with Gasteiger partial charge in [0.2, 0.25) is 0 Å². The highest BCUT2D eigenvalue weighted by Gasteiger charge is 2.17. The first kappa shape index (κ1) is 14.2. The standard InChI is InChI=1S/C17H15ClN2S/c1-20-12-11-19-17(20)21-16(13-5-3-2-4-6-13)14-7-9-15(18)10-8-14/h2-12,16H,1H3. The topological polar surface area (TPSA) is 17.8 Å². The minimum atomic E-state index is 0.199. The van der Waals surface area contributed by atoms with Crippen LogP contribution >= 0.6 is 23.4 Å². The second kappa shape index (κ2) is 6.37.